The third-order valence-corrected chi connectivity index (χ3v) is 4.01. The van der Waals surface area contributed by atoms with E-state index in [-0.39, 0.29) is 11.2 Å². The fraction of sp³-hybridized carbons (Fsp3) is 0.222. The molecule has 2 heteroatoms. The summed E-state index contributed by atoms with van der Waals surface area (Å²) in [5, 5.41) is 10.4. The van der Waals surface area contributed by atoms with E-state index in [1.807, 2.05) is 30.3 Å². The molecule has 0 amide bonds. The second-order valence-corrected chi connectivity index (χ2v) is 5.86. The first-order chi connectivity index (χ1) is 9.46. The van der Waals surface area contributed by atoms with Gasteiger partial charge in [-0.15, -0.1) is 6.58 Å². The minimum Gasteiger partial charge on any atom is -0.506 e. The molecule has 0 bridgehead atoms. The Bertz CT molecular complexity index is 615. The van der Waals surface area contributed by atoms with E-state index in [2.05, 4.69) is 32.6 Å². The molecule has 0 aliphatic heterocycles. The van der Waals surface area contributed by atoms with Crippen LogP contribution in [-0.2, 0) is 11.8 Å². The molecular weight excluding hydrogens is 268 g/mol. The van der Waals surface area contributed by atoms with Crippen LogP contribution in [0.1, 0.15) is 30.5 Å². The molecule has 20 heavy (non-hydrogen) atoms. The first-order valence-electron chi connectivity index (χ1n) is 6.65. The molecule has 0 heterocycles. The molecule has 0 aliphatic rings. The SMILES string of the molecule is C=CCc1cc(C(C)(C)c2ccccc2)cc(Cl)c1O. The molecule has 0 saturated carbocycles. The number of hydrogen-bond donors (Lipinski definition) is 1. The Labute approximate surface area is 125 Å². The smallest absolute Gasteiger partial charge is 0.137 e. The van der Waals surface area contributed by atoms with Gasteiger partial charge in [-0.25, -0.2) is 0 Å². The molecule has 0 aromatic heterocycles. The molecule has 1 N–H and O–H groups in total. The highest BCUT2D eigenvalue weighted by molar-refractivity contribution is 6.32. The fourth-order valence-electron chi connectivity index (χ4n) is 2.35. The van der Waals surface area contributed by atoms with Crippen LogP contribution >= 0.6 is 11.6 Å². The topological polar surface area (TPSA) is 20.2 Å². The van der Waals surface area contributed by atoms with Crippen LogP contribution in [0.3, 0.4) is 0 Å². The van der Waals surface area contributed by atoms with Crippen LogP contribution in [0.5, 0.6) is 5.75 Å². The number of phenols is 1. The standard InChI is InChI=1S/C18H19ClO/c1-4-8-13-11-15(12-16(19)17(13)20)18(2,3)14-9-6-5-7-10-14/h4-7,9-12,20H,1,8H2,2-3H3. The van der Waals surface area contributed by atoms with E-state index in [0.29, 0.717) is 11.4 Å². The van der Waals surface area contributed by atoms with Gasteiger partial charge in [-0.2, -0.15) is 0 Å². The number of hydrogen-bond acceptors (Lipinski definition) is 1. The number of benzene rings is 2. The molecule has 0 unspecified atom stereocenters. The van der Waals surface area contributed by atoms with Crippen molar-refractivity contribution in [3.63, 3.8) is 0 Å². The van der Waals surface area contributed by atoms with E-state index in [9.17, 15) is 5.11 Å². The lowest BCUT2D eigenvalue weighted by Gasteiger charge is -2.27. The Morgan fingerprint density at radius 2 is 1.80 bits per heavy atom. The number of phenolic OH excluding ortho intramolecular Hbond substituents is 1. The highest BCUT2D eigenvalue weighted by atomic mass is 35.5. The summed E-state index contributed by atoms with van der Waals surface area (Å²) in [4.78, 5) is 0. The van der Waals surface area contributed by atoms with E-state index in [4.69, 9.17) is 11.6 Å². The summed E-state index contributed by atoms with van der Waals surface area (Å²) in [7, 11) is 0. The Balaban J connectivity index is 2.54. The van der Waals surface area contributed by atoms with Gasteiger partial charge in [-0.05, 0) is 29.2 Å². The molecule has 2 aromatic rings. The van der Waals surface area contributed by atoms with Crippen molar-refractivity contribution in [2.24, 2.45) is 0 Å². The van der Waals surface area contributed by atoms with Gasteiger partial charge in [-0.1, -0.05) is 67.9 Å². The van der Waals surface area contributed by atoms with Gasteiger partial charge in [0.15, 0.2) is 0 Å². The maximum atomic E-state index is 10.0. The second kappa shape index (κ2) is 5.72. The van der Waals surface area contributed by atoms with Gasteiger partial charge in [0, 0.05) is 5.41 Å². The van der Waals surface area contributed by atoms with Gasteiger partial charge < -0.3 is 5.11 Å². The minimum absolute atomic E-state index is 0.152. The summed E-state index contributed by atoms with van der Waals surface area (Å²) in [6.07, 6.45) is 2.37. The van der Waals surface area contributed by atoms with Crippen LogP contribution in [0, 0.1) is 0 Å². The largest absolute Gasteiger partial charge is 0.506 e. The molecular formula is C18H19ClO. The van der Waals surface area contributed by atoms with Crippen LogP contribution in [0.25, 0.3) is 0 Å². The highest BCUT2D eigenvalue weighted by Gasteiger charge is 2.24. The Morgan fingerprint density at radius 1 is 1.15 bits per heavy atom. The highest BCUT2D eigenvalue weighted by Crippen LogP contribution is 2.37. The number of aromatic hydroxyl groups is 1. The third kappa shape index (κ3) is 2.73. The van der Waals surface area contributed by atoms with E-state index in [0.717, 1.165) is 11.1 Å². The predicted molar refractivity (Wildman–Crippen MR) is 85.6 cm³/mol. The predicted octanol–water partition coefficient (Wildman–Crippen LogP) is 5.10. The zero-order chi connectivity index (χ0) is 14.8. The lowest BCUT2D eigenvalue weighted by molar-refractivity contribution is 0.469. The van der Waals surface area contributed by atoms with Gasteiger partial charge >= 0.3 is 0 Å². The zero-order valence-corrected chi connectivity index (χ0v) is 12.6. The molecule has 2 rings (SSSR count). The average molecular weight is 287 g/mol. The van der Waals surface area contributed by atoms with Crippen molar-refractivity contribution in [1.82, 2.24) is 0 Å². The molecule has 0 saturated heterocycles. The lowest BCUT2D eigenvalue weighted by atomic mass is 9.77. The Kier molecular flexibility index (Phi) is 4.20. The molecule has 0 spiro atoms. The summed E-state index contributed by atoms with van der Waals surface area (Å²) in [6, 6.07) is 14.1. The molecule has 2 aromatic carbocycles. The van der Waals surface area contributed by atoms with Crippen LogP contribution in [0.4, 0.5) is 0 Å². The maximum Gasteiger partial charge on any atom is 0.137 e. The van der Waals surface area contributed by atoms with Crippen LogP contribution < -0.4 is 0 Å². The normalized spacial score (nSPS) is 11.3. The Hall–Kier alpha value is -1.73. The molecule has 0 atom stereocenters. The van der Waals surface area contributed by atoms with Crippen molar-refractivity contribution in [1.29, 1.82) is 0 Å². The molecule has 0 fully saturated rings. The van der Waals surface area contributed by atoms with Crippen molar-refractivity contribution in [3.05, 3.63) is 76.8 Å². The van der Waals surface area contributed by atoms with Crippen LogP contribution in [-0.4, -0.2) is 5.11 Å². The van der Waals surface area contributed by atoms with E-state index in [1.165, 1.54) is 5.56 Å². The summed E-state index contributed by atoms with van der Waals surface area (Å²) in [6.45, 7) is 8.03. The molecule has 0 aliphatic carbocycles. The molecule has 1 nitrogen and oxygen atoms in total. The van der Waals surface area contributed by atoms with Crippen molar-refractivity contribution >= 4 is 11.6 Å². The van der Waals surface area contributed by atoms with Gasteiger partial charge in [0.2, 0.25) is 0 Å². The maximum absolute atomic E-state index is 10.0. The minimum atomic E-state index is -0.172. The fourth-order valence-corrected chi connectivity index (χ4v) is 2.59. The van der Waals surface area contributed by atoms with Crippen molar-refractivity contribution < 1.29 is 5.11 Å². The third-order valence-electron chi connectivity index (χ3n) is 3.72. The molecule has 104 valence electrons. The summed E-state index contributed by atoms with van der Waals surface area (Å²) < 4.78 is 0. The number of rotatable bonds is 4. The summed E-state index contributed by atoms with van der Waals surface area (Å²) >= 11 is 6.16. The van der Waals surface area contributed by atoms with Gasteiger partial charge in [0.05, 0.1) is 5.02 Å². The van der Waals surface area contributed by atoms with Crippen LogP contribution in [0.15, 0.2) is 55.1 Å². The zero-order valence-electron chi connectivity index (χ0n) is 11.9. The number of halogens is 1. The first kappa shape index (κ1) is 14.7. The molecule has 0 radical (unpaired) electrons. The van der Waals surface area contributed by atoms with Gasteiger partial charge in [-0.3, -0.25) is 0 Å². The van der Waals surface area contributed by atoms with Gasteiger partial charge in [0.1, 0.15) is 5.75 Å². The lowest BCUT2D eigenvalue weighted by Crippen LogP contribution is -2.19. The quantitative estimate of drug-likeness (QED) is 0.775. The second-order valence-electron chi connectivity index (χ2n) is 5.45. The monoisotopic (exact) mass is 286 g/mol. The van der Waals surface area contributed by atoms with Crippen molar-refractivity contribution in [2.45, 2.75) is 25.7 Å². The summed E-state index contributed by atoms with van der Waals surface area (Å²) in [5.74, 6) is 0.152. The van der Waals surface area contributed by atoms with Crippen LogP contribution in [0.2, 0.25) is 5.02 Å². The summed E-state index contributed by atoms with van der Waals surface area (Å²) in [5.41, 5.74) is 2.94. The van der Waals surface area contributed by atoms with E-state index < -0.39 is 0 Å². The van der Waals surface area contributed by atoms with Crippen molar-refractivity contribution in [3.8, 4) is 5.75 Å². The average Bonchev–Trinajstić information content (AvgIpc) is 2.44. The number of allylic oxidation sites excluding steroid dienone is 1. The first-order valence-corrected chi connectivity index (χ1v) is 7.03. The van der Waals surface area contributed by atoms with E-state index >= 15 is 0 Å². The van der Waals surface area contributed by atoms with Crippen molar-refractivity contribution in [2.75, 3.05) is 0 Å². The van der Waals surface area contributed by atoms with Gasteiger partial charge in [0.25, 0.3) is 0 Å². The Morgan fingerprint density at radius 3 is 2.40 bits per heavy atom. The van der Waals surface area contributed by atoms with E-state index in [1.54, 1.807) is 6.08 Å².